The molecular formula is C83H153Br2K3N6O18P2Si2. The molecule has 658 valence electrons. The van der Waals surface area contributed by atoms with Gasteiger partial charge in [-0.15, -0.1) is 0 Å². The number of hydrogen-bond acceptors (Lipinski definition) is 18. The first kappa shape index (κ1) is 118. The summed E-state index contributed by atoms with van der Waals surface area (Å²) in [5.41, 5.74) is -1.34. The molecule has 3 saturated heterocycles. The predicted molar refractivity (Wildman–Crippen MR) is 466 cm³/mol. The number of amides is 2. The molecule has 0 aliphatic carbocycles. The summed E-state index contributed by atoms with van der Waals surface area (Å²) in [6.45, 7) is 42.8. The van der Waals surface area contributed by atoms with Crippen LogP contribution in [0.1, 0.15) is 293 Å². The van der Waals surface area contributed by atoms with Crippen molar-refractivity contribution < 1.29 is 153 Å². The van der Waals surface area contributed by atoms with Gasteiger partial charge in [-0.05, 0) is 91.0 Å². The number of Topliss-reactive ketones (excluding diaryl/α,β-unsaturated/α-hetero) is 1. The molecule has 116 heavy (non-hydrogen) atoms. The van der Waals surface area contributed by atoms with Gasteiger partial charge in [-0.2, -0.15) is 0 Å². The molecule has 8 atom stereocenters. The fourth-order valence-electron chi connectivity index (χ4n) is 17.7. The summed E-state index contributed by atoms with van der Waals surface area (Å²) in [4.78, 5) is 120. The molecule has 2 unspecified atom stereocenters. The summed E-state index contributed by atoms with van der Waals surface area (Å²) in [6, 6.07) is 2.48. The summed E-state index contributed by atoms with van der Waals surface area (Å²) in [7, 11) is -7.28. The number of carbonyl (C=O) groups is 5. The van der Waals surface area contributed by atoms with Crippen molar-refractivity contribution in [3.63, 3.8) is 0 Å². The minimum absolute atomic E-state index is 0. The zero-order valence-corrected chi connectivity index (χ0v) is 92.1. The van der Waals surface area contributed by atoms with E-state index >= 15 is 0 Å². The van der Waals surface area contributed by atoms with Crippen LogP contribution in [0.5, 0.6) is 0 Å². The Balaban J connectivity index is 0. The molecule has 5 N–H and O–H groups in total. The number of aliphatic hydroxyl groups is 1. The van der Waals surface area contributed by atoms with E-state index in [0.29, 0.717) is 39.1 Å². The van der Waals surface area contributed by atoms with Gasteiger partial charge in [-0.3, -0.25) is 52.7 Å². The van der Waals surface area contributed by atoms with Crippen LogP contribution in [-0.2, 0) is 61.2 Å². The fourth-order valence-corrected chi connectivity index (χ4v) is 39.1. The van der Waals surface area contributed by atoms with E-state index in [-0.39, 0.29) is 183 Å². The molecule has 5 heterocycles. The van der Waals surface area contributed by atoms with Gasteiger partial charge in [0.15, 0.2) is 30.5 Å². The molecular weight excluding hydrogens is 1760 g/mol. The van der Waals surface area contributed by atoms with E-state index in [1.807, 2.05) is 6.92 Å². The monoisotopic (exact) mass is 1910 g/mol. The van der Waals surface area contributed by atoms with Crippen LogP contribution >= 0.6 is 14.5 Å². The number of aromatic nitrogens is 4. The van der Waals surface area contributed by atoms with Crippen molar-refractivity contribution in [2.75, 3.05) is 82.2 Å². The summed E-state index contributed by atoms with van der Waals surface area (Å²) in [6.07, 6.45) is 24.4. The van der Waals surface area contributed by atoms with Gasteiger partial charge in [0.1, 0.15) is 24.1 Å². The average molecular weight is 1920 g/mol. The maximum atomic E-state index is 13.8. The van der Waals surface area contributed by atoms with E-state index in [9.17, 15) is 48.3 Å². The Morgan fingerprint density at radius 3 is 1.16 bits per heavy atom. The Labute approximate surface area is 810 Å². The average Bonchev–Trinajstić information content (AvgIpc) is 1.65. The van der Waals surface area contributed by atoms with Crippen LogP contribution < -0.4 is 118 Å². The summed E-state index contributed by atoms with van der Waals surface area (Å²) < 4.78 is 53.8. The van der Waals surface area contributed by atoms with Crippen LogP contribution in [0.4, 0.5) is 0 Å². The summed E-state index contributed by atoms with van der Waals surface area (Å²) in [5, 5.41) is 16.5. The first-order valence-corrected chi connectivity index (χ1v) is 69.4. The Morgan fingerprint density at radius 1 is 0.500 bits per heavy atom. The second kappa shape index (κ2) is 62.1. The fraction of sp³-hybridized carbons (Fsp3) is 0.843. The van der Waals surface area contributed by atoms with Crippen LogP contribution in [0, 0.1) is 0 Å². The molecule has 2 amide bonds. The number of aliphatic hydroxyl groups excluding tert-OH is 1. The molecule has 5 rings (SSSR count). The second-order valence-electron chi connectivity index (χ2n) is 33.6. The molecule has 0 radical (unpaired) electrons. The standard InChI is InChI=1S/C43H78N3O9PSi.C40H72N3O9PSi.2BrH.3K.H/c1-11-15-28-56(29-16-12-2,30-17-13-3)31-18-24-44-36(47)19-22-43(51-26-27-52-43)23-20-38(49)54-39-35(14-4)53-41(46-25-21-37(48)45-42(46)50)40(39)55-57(32(5)6,33(7)8)34(9)10;1-10-13-24-53(25-14-11-2,26-15-12-3)27-16-22-41-34(46)19-17-32(45)18-20-36(48)51-37-33(28-44)50-39(43-23-21-35(47)42-40(43)49)38(37)52-54(29(4)5,30(6)7)31(8)9;;;;;;/h21,25,32-35,39-41H,11-20,22-24,26-31H2,1-10H3,(H-,44,45,47,48,50);21,23,29-31,33,37-39,44H,10-20,22,24-28H2,1-9H3,(H-,41,42,46,47,49);2*1H;;;;/q;;;;;;+1;-1/t35-,39?,40+,41-;33-,37?,38+,39-;;;;;;/m11....../s1. The Kier molecular flexibility index (Phi) is 63.1. The molecule has 24 nitrogen and oxygen atoms in total. The molecule has 0 spiro atoms. The number of esters is 2. The van der Waals surface area contributed by atoms with Crippen molar-refractivity contribution in [3.8, 4) is 0 Å². The Bertz CT molecular complexity index is 3280. The number of nitrogens with one attached hydrogen (secondary N) is 4. The van der Waals surface area contributed by atoms with Crippen LogP contribution in [0.3, 0.4) is 0 Å². The van der Waals surface area contributed by atoms with Crippen molar-refractivity contribution in [1.29, 1.82) is 0 Å². The third-order valence-corrected chi connectivity index (χ3v) is 46.0. The first-order valence-electron chi connectivity index (χ1n) is 44.1. The van der Waals surface area contributed by atoms with Crippen LogP contribution in [0.2, 0.25) is 33.2 Å². The van der Waals surface area contributed by atoms with Gasteiger partial charge in [-0.25, -0.2) is 9.59 Å². The van der Waals surface area contributed by atoms with E-state index in [0.717, 1.165) is 12.8 Å². The van der Waals surface area contributed by atoms with Crippen LogP contribution in [0.15, 0.2) is 43.7 Å². The normalized spacial score (nSPS) is 19.4. The van der Waals surface area contributed by atoms with Gasteiger partial charge in [0.25, 0.3) is 11.1 Å². The number of rotatable bonds is 54. The summed E-state index contributed by atoms with van der Waals surface area (Å²) in [5.74, 6) is -2.58. The minimum atomic E-state index is -2.66. The van der Waals surface area contributed by atoms with Gasteiger partial charge in [0.05, 0.1) is 88.1 Å². The predicted octanol–water partition coefficient (Wildman–Crippen LogP) is 5.86. The number of unbranched alkanes of at least 4 members (excludes halogenated alkanes) is 6. The molecule has 0 bridgehead atoms. The van der Waals surface area contributed by atoms with Gasteiger partial charge in [-0.1, -0.05) is 170 Å². The number of carbonyl (C=O) groups excluding carboxylic acids is 5. The van der Waals surface area contributed by atoms with E-state index in [2.05, 4.69) is 145 Å². The number of aromatic amines is 2. The van der Waals surface area contributed by atoms with Gasteiger partial charge >= 0.3 is 138 Å². The van der Waals surface area contributed by atoms with Crippen LogP contribution in [-0.4, -0.2) is 258 Å². The zero-order valence-electron chi connectivity index (χ0n) is 76.8. The number of H-pyrrole nitrogens is 2. The van der Waals surface area contributed by atoms with Gasteiger partial charge in [0.2, 0.25) is 28.4 Å². The van der Waals surface area contributed by atoms with E-state index in [4.69, 9.17) is 37.3 Å². The number of ketones is 1. The molecule has 0 aromatic carbocycles. The number of nitrogens with zero attached hydrogens (tertiary/aromatic N) is 2. The number of ether oxygens (including phenoxy) is 6. The van der Waals surface area contributed by atoms with Crippen molar-refractivity contribution in [2.45, 2.75) is 367 Å². The van der Waals surface area contributed by atoms with Crippen molar-refractivity contribution in [1.82, 2.24) is 29.7 Å². The van der Waals surface area contributed by atoms with Crippen molar-refractivity contribution >= 4 is 124 Å². The van der Waals surface area contributed by atoms with Crippen LogP contribution in [0.25, 0.3) is 0 Å². The summed E-state index contributed by atoms with van der Waals surface area (Å²) >= 11 is 2.50. The topological polar surface area (TPSA) is 313 Å². The third kappa shape index (κ3) is 37.1. The number of hydrogen-bond donors (Lipinski definition) is 5. The molecule has 3 aliphatic heterocycles. The number of halogens is 2. The van der Waals surface area contributed by atoms with Crippen molar-refractivity contribution in [3.05, 3.63) is 66.2 Å². The van der Waals surface area contributed by atoms with E-state index in [1.54, 1.807) is 0 Å². The molecule has 3 fully saturated rings. The molecule has 2 aromatic rings. The molecule has 33 heteroatoms. The molecule has 2 aromatic heterocycles. The van der Waals surface area contributed by atoms with E-state index in [1.165, 1.54) is 223 Å². The molecule has 3 aliphatic rings. The van der Waals surface area contributed by atoms with Gasteiger partial charge < -0.3 is 88.4 Å². The van der Waals surface area contributed by atoms with Crippen molar-refractivity contribution in [2.24, 2.45) is 0 Å². The Morgan fingerprint density at radius 2 is 0.819 bits per heavy atom. The first-order chi connectivity index (χ1) is 53.7. The SMILES string of the molecule is CCCC[P+](CCCC)(CCCC)CCCNC(=O)CCC(=O)CCC(=O)OC1[C@@H](CO)O[C@@H](n2ccc(=O)[nH]c2=O)[C@H]1O[Si](C(C)C)(C(C)C)C(C)C.CCCC[P+](CCCC)(CCCC)CCCNC(=O)CCC1(CCC(=O)OC2[C@@H](CC)O[C@@H](n3ccc(=O)[nH]c3=O)[C@H]2O[Si](C(C)C)(C(C)C)C(C)C)OCCO1.[Br-].[Br-].[H-].[K+].[K][K]. The van der Waals surface area contributed by atoms with E-state index < -0.39 is 127 Å². The quantitative estimate of drug-likeness (QED) is 0.0224. The molecule has 0 saturated carbocycles. The Hall–Kier alpha value is 1.79. The maximum absolute atomic E-state index is 13.8. The third-order valence-electron chi connectivity index (χ3n) is 23.7. The zero-order chi connectivity index (χ0) is 84.7. The van der Waals surface area contributed by atoms with Gasteiger partial charge in [0, 0.05) is 90.7 Å². The second-order valence-corrected chi connectivity index (χ2v) is 53.4.